The Morgan fingerprint density at radius 3 is 2.45 bits per heavy atom. The summed E-state index contributed by atoms with van der Waals surface area (Å²) in [5.74, 6) is 1.11. The van der Waals surface area contributed by atoms with Crippen LogP contribution in [0.25, 0.3) is 22.6 Å². The summed E-state index contributed by atoms with van der Waals surface area (Å²) in [5, 5.41) is 4.22. The van der Waals surface area contributed by atoms with E-state index in [1.165, 1.54) is 0 Å². The van der Waals surface area contributed by atoms with Crippen molar-refractivity contribution in [3.8, 4) is 22.6 Å². The maximum Gasteiger partial charge on any atom is 0.263 e. The molecule has 0 bridgehead atoms. The Morgan fingerprint density at radius 1 is 1.03 bits per heavy atom. The van der Waals surface area contributed by atoms with Gasteiger partial charge >= 0.3 is 0 Å². The summed E-state index contributed by atoms with van der Waals surface area (Å²) < 4.78 is 5.43. The van der Waals surface area contributed by atoms with E-state index in [0.717, 1.165) is 36.0 Å². The lowest BCUT2D eigenvalue weighted by Gasteiger charge is -2.39. The average molecular weight is 386 g/mol. The van der Waals surface area contributed by atoms with E-state index in [4.69, 9.17) is 10.3 Å². The van der Waals surface area contributed by atoms with Gasteiger partial charge in [0, 0.05) is 24.2 Å². The van der Waals surface area contributed by atoms with Crippen molar-refractivity contribution >= 4 is 5.95 Å². The van der Waals surface area contributed by atoms with Gasteiger partial charge in [0.1, 0.15) is 5.56 Å². The number of nitrogens with two attached hydrogens (primary N) is 1. The maximum absolute atomic E-state index is 12.0. The van der Waals surface area contributed by atoms with Gasteiger partial charge in [0.25, 0.3) is 11.4 Å². The summed E-state index contributed by atoms with van der Waals surface area (Å²) in [7, 11) is 0. The van der Waals surface area contributed by atoms with Crippen LogP contribution in [-0.2, 0) is 5.41 Å². The van der Waals surface area contributed by atoms with Crippen LogP contribution in [0.2, 0.25) is 0 Å². The molecule has 3 N–H and O–H groups in total. The van der Waals surface area contributed by atoms with Crippen molar-refractivity contribution in [3.05, 3.63) is 76.7 Å². The number of nitrogens with one attached hydrogen (secondary N) is 1. The number of hydrogen-bond acceptors (Lipinski definition) is 7. The lowest BCUT2D eigenvalue weighted by molar-refractivity contribution is 0.273. The van der Waals surface area contributed by atoms with Crippen LogP contribution in [-0.4, -0.2) is 25.1 Å². The van der Waals surface area contributed by atoms with Crippen LogP contribution >= 0.6 is 0 Å². The summed E-state index contributed by atoms with van der Waals surface area (Å²) in [5.41, 5.74) is 8.43. The number of aromatic amines is 1. The van der Waals surface area contributed by atoms with Gasteiger partial charge in [0.05, 0.1) is 5.41 Å². The number of benzene rings is 1. The summed E-state index contributed by atoms with van der Waals surface area (Å²) >= 11 is 0. The van der Waals surface area contributed by atoms with E-state index in [-0.39, 0.29) is 22.8 Å². The molecule has 5 rings (SSSR count). The minimum atomic E-state index is -0.292. The second-order valence-corrected chi connectivity index (χ2v) is 7.18. The van der Waals surface area contributed by atoms with Crippen LogP contribution in [0.3, 0.4) is 0 Å². The zero-order chi connectivity index (χ0) is 19.8. The number of hydrogen-bond donors (Lipinski definition) is 2. The molecule has 1 fully saturated rings. The molecule has 3 heterocycles. The summed E-state index contributed by atoms with van der Waals surface area (Å²) in [6, 6.07) is 11.6. The van der Waals surface area contributed by atoms with E-state index in [1.807, 2.05) is 12.1 Å². The minimum absolute atomic E-state index is 0.240. The van der Waals surface area contributed by atoms with Gasteiger partial charge in [-0.05, 0) is 36.1 Å². The Labute approximate surface area is 165 Å². The standard InChI is InChI=1S/C21H18N6O2/c22-20-24-11-14(12-25-20)13-4-6-15(7-5-13)21(8-2-9-21)19-26-18(29-27-19)16-3-1-10-23-17(16)28/h1,3-7,10-12H,2,8-9H2,(H,23,28)(H2,22,24,25). The maximum atomic E-state index is 12.0. The normalized spacial score (nSPS) is 15.0. The van der Waals surface area contributed by atoms with Crippen LogP contribution in [0.4, 0.5) is 5.95 Å². The molecular formula is C21H18N6O2. The Kier molecular flexibility index (Phi) is 3.97. The van der Waals surface area contributed by atoms with Gasteiger partial charge < -0.3 is 15.2 Å². The second kappa shape index (κ2) is 6.66. The Balaban J connectivity index is 1.49. The molecule has 0 amide bonds. The van der Waals surface area contributed by atoms with E-state index in [2.05, 4.69) is 37.2 Å². The molecule has 0 unspecified atom stereocenters. The lowest BCUT2D eigenvalue weighted by atomic mass is 9.64. The fourth-order valence-electron chi connectivity index (χ4n) is 3.76. The van der Waals surface area contributed by atoms with E-state index in [9.17, 15) is 4.79 Å². The van der Waals surface area contributed by atoms with E-state index < -0.39 is 0 Å². The molecule has 0 radical (unpaired) electrons. The average Bonchev–Trinajstić information content (AvgIpc) is 3.19. The van der Waals surface area contributed by atoms with Gasteiger partial charge in [0.15, 0.2) is 5.82 Å². The SMILES string of the molecule is Nc1ncc(-c2ccc(C3(c4noc(-c5ccc[nH]c5=O)n4)CCC3)cc2)cn1. The number of pyridine rings is 1. The zero-order valence-corrected chi connectivity index (χ0v) is 15.5. The summed E-state index contributed by atoms with van der Waals surface area (Å²) in [4.78, 5) is 27.3. The Bertz CT molecular complexity index is 1210. The molecule has 3 aromatic heterocycles. The van der Waals surface area contributed by atoms with Crippen molar-refractivity contribution < 1.29 is 4.52 Å². The van der Waals surface area contributed by atoms with Crippen LogP contribution in [0.15, 0.2) is 64.3 Å². The molecule has 1 aromatic carbocycles. The topological polar surface area (TPSA) is 124 Å². The fraction of sp³-hybridized carbons (Fsp3) is 0.190. The largest absolute Gasteiger partial charge is 0.368 e. The molecule has 0 atom stereocenters. The van der Waals surface area contributed by atoms with Gasteiger partial charge in [-0.2, -0.15) is 4.98 Å². The summed E-state index contributed by atoms with van der Waals surface area (Å²) in [6.07, 6.45) is 7.94. The van der Waals surface area contributed by atoms with E-state index >= 15 is 0 Å². The highest BCUT2D eigenvalue weighted by molar-refractivity contribution is 5.63. The molecule has 0 aliphatic heterocycles. The molecule has 0 saturated heterocycles. The molecule has 8 heteroatoms. The second-order valence-electron chi connectivity index (χ2n) is 7.18. The zero-order valence-electron chi connectivity index (χ0n) is 15.5. The quantitative estimate of drug-likeness (QED) is 0.552. The first-order valence-electron chi connectivity index (χ1n) is 9.36. The van der Waals surface area contributed by atoms with E-state index in [1.54, 1.807) is 30.7 Å². The molecule has 4 aromatic rings. The van der Waals surface area contributed by atoms with Gasteiger partial charge in [-0.3, -0.25) is 4.79 Å². The third-order valence-electron chi connectivity index (χ3n) is 5.55. The number of rotatable bonds is 4. The monoisotopic (exact) mass is 386 g/mol. The summed E-state index contributed by atoms with van der Waals surface area (Å²) in [6.45, 7) is 0. The number of H-pyrrole nitrogens is 1. The number of nitrogens with zero attached hydrogens (tertiary/aromatic N) is 4. The van der Waals surface area contributed by atoms with Gasteiger partial charge in [0.2, 0.25) is 5.95 Å². The van der Waals surface area contributed by atoms with Crippen molar-refractivity contribution in [3.63, 3.8) is 0 Å². The first-order valence-corrected chi connectivity index (χ1v) is 9.36. The smallest absolute Gasteiger partial charge is 0.263 e. The Hall–Kier alpha value is -3.81. The number of nitrogen functional groups attached to an aromatic ring is 1. The van der Waals surface area contributed by atoms with Crippen molar-refractivity contribution in [1.82, 2.24) is 25.1 Å². The molecule has 1 aliphatic carbocycles. The third-order valence-corrected chi connectivity index (χ3v) is 5.55. The van der Waals surface area contributed by atoms with Gasteiger partial charge in [-0.25, -0.2) is 9.97 Å². The van der Waals surface area contributed by atoms with Crippen LogP contribution in [0, 0.1) is 0 Å². The predicted molar refractivity (Wildman–Crippen MR) is 107 cm³/mol. The first kappa shape index (κ1) is 17.3. The van der Waals surface area contributed by atoms with Crippen LogP contribution in [0.1, 0.15) is 30.7 Å². The van der Waals surface area contributed by atoms with Gasteiger partial charge in [-0.15, -0.1) is 0 Å². The van der Waals surface area contributed by atoms with Crippen LogP contribution in [0.5, 0.6) is 0 Å². The first-order chi connectivity index (χ1) is 14.2. The van der Waals surface area contributed by atoms with Crippen LogP contribution < -0.4 is 11.3 Å². The molecule has 144 valence electrons. The van der Waals surface area contributed by atoms with E-state index in [0.29, 0.717) is 11.4 Å². The number of anilines is 1. The highest BCUT2D eigenvalue weighted by Crippen LogP contribution is 2.48. The van der Waals surface area contributed by atoms with Gasteiger partial charge in [-0.1, -0.05) is 35.8 Å². The van der Waals surface area contributed by atoms with Crippen molar-refractivity contribution in [2.24, 2.45) is 0 Å². The molecule has 29 heavy (non-hydrogen) atoms. The molecule has 1 aliphatic rings. The van der Waals surface area contributed by atoms with Crippen molar-refractivity contribution in [2.45, 2.75) is 24.7 Å². The Morgan fingerprint density at radius 2 is 1.79 bits per heavy atom. The lowest BCUT2D eigenvalue weighted by Crippen LogP contribution is -2.36. The number of aromatic nitrogens is 5. The minimum Gasteiger partial charge on any atom is -0.368 e. The van der Waals surface area contributed by atoms with Crippen molar-refractivity contribution in [1.29, 1.82) is 0 Å². The highest BCUT2D eigenvalue weighted by Gasteiger charge is 2.44. The molecule has 0 spiro atoms. The third kappa shape index (κ3) is 2.89. The van der Waals surface area contributed by atoms with Crippen molar-refractivity contribution in [2.75, 3.05) is 5.73 Å². The molecule has 1 saturated carbocycles. The fourth-order valence-corrected chi connectivity index (χ4v) is 3.76. The molecular weight excluding hydrogens is 368 g/mol. The highest BCUT2D eigenvalue weighted by atomic mass is 16.5. The molecule has 8 nitrogen and oxygen atoms in total. The predicted octanol–water partition coefficient (Wildman–Crippen LogP) is 2.93.